The summed E-state index contributed by atoms with van der Waals surface area (Å²) in [7, 11) is 1.52. The molecule has 82 valence electrons. The van der Waals surface area contributed by atoms with Crippen molar-refractivity contribution in [3.05, 3.63) is 0 Å². The quantitative estimate of drug-likeness (QED) is 0.669. The monoisotopic (exact) mass is 200 g/mol. The molecule has 0 aromatic heterocycles. The zero-order chi connectivity index (χ0) is 10.4. The Labute approximate surface area is 85.2 Å². The minimum absolute atomic E-state index is 0.0603. The van der Waals surface area contributed by atoms with Crippen LogP contribution in [-0.4, -0.2) is 32.2 Å². The standard InChI is InChI=1S/C10H20N2O2/c1-14-7-10(13)12-9(6-11)8-4-2-3-5-8/h8-9H,2-7,11H2,1H3,(H,12,13). The van der Waals surface area contributed by atoms with Gasteiger partial charge in [0, 0.05) is 19.7 Å². The van der Waals surface area contributed by atoms with Gasteiger partial charge in [-0.2, -0.15) is 0 Å². The molecule has 0 spiro atoms. The minimum Gasteiger partial charge on any atom is -0.375 e. The van der Waals surface area contributed by atoms with Crippen LogP contribution in [0.15, 0.2) is 0 Å². The molecule has 1 aliphatic rings. The molecule has 1 atom stereocenters. The Morgan fingerprint density at radius 2 is 2.21 bits per heavy atom. The smallest absolute Gasteiger partial charge is 0.246 e. The second-order valence-electron chi connectivity index (χ2n) is 3.89. The number of nitrogens with two attached hydrogens (primary N) is 1. The topological polar surface area (TPSA) is 64.3 Å². The lowest BCUT2D eigenvalue weighted by Gasteiger charge is -2.22. The van der Waals surface area contributed by atoms with Crippen LogP contribution in [0.1, 0.15) is 25.7 Å². The fraction of sp³-hybridized carbons (Fsp3) is 0.900. The Morgan fingerprint density at radius 3 is 2.71 bits per heavy atom. The Balaban J connectivity index is 2.33. The third-order valence-corrected chi connectivity index (χ3v) is 2.84. The van der Waals surface area contributed by atoms with E-state index in [1.54, 1.807) is 0 Å². The van der Waals surface area contributed by atoms with E-state index >= 15 is 0 Å². The van der Waals surface area contributed by atoms with Gasteiger partial charge >= 0.3 is 0 Å². The zero-order valence-corrected chi connectivity index (χ0v) is 8.79. The minimum atomic E-state index is -0.0603. The highest BCUT2D eigenvalue weighted by atomic mass is 16.5. The Morgan fingerprint density at radius 1 is 1.57 bits per heavy atom. The van der Waals surface area contributed by atoms with Gasteiger partial charge in [0.2, 0.25) is 5.91 Å². The van der Waals surface area contributed by atoms with Gasteiger partial charge in [0.1, 0.15) is 6.61 Å². The maximum atomic E-state index is 11.3. The van der Waals surface area contributed by atoms with E-state index in [1.165, 1.54) is 32.8 Å². The summed E-state index contributed by atoms with van der Waals surface area (Å²) in [5.74, 6) is 0.510. The number of ether oxygens (including phenoxy) is 1. The highest BCUT2D eigenvalue weighted by Crippen LogP contribution is 2.27. The van der Waals surface area contributed by atoms with E-state index < -0.39 is 0 Å². The SMILES string of the molecule is COCC(=O)NC(CN)C1CCCC1. The maximum Gasteiger partial charge on any atom is 0.246 e. The van der Waals surface area contributed by atoms with Gasteiger partial charge in [0.25, 0.3) is 0 Å². The summed E-state index contributed by atoms with van der Waals surface area (Å²) >= 11 is 0. The number of carbonyl (C=O) groups excluding carboxylic acids is 1. The highest BCUT2D eigenvalue weighted by Gasteiger charge is 2.24. The van der Waals surface area contributed by atoms with Crippen molar-refractivity contribution in [2.24, 2.45) is 11.7 Å². The Bertz CT molecular complexity index is 179. The molecule has 0 bridgehead atoms. The summed E-state index contributed by atoms with van der Waals surface area (Å²) in [6, 6.07) is 0.139. The van der Waals surface area contributed by atoms with Gasteiger partial charge < -0.3 is 15.8 Å². The predicted octanol–water partition coefficient (Wildman–Crippen LogP) is 0.267. The molecule has 1 saturated carbocycles. The van der Waals surface area contributed by atoms with Crippen LogP contribution >= 0.6 is 0 Å². The predicted molar refractivity (Wildman–Crippen MR) is 54.8 cm³/mol. The molecule has 1 amide bonds. The number of hydrogen-bond acceptors (Lipinski definition) is 3. The molecule has 1 rings (SSSR count). The van der Waals surface area contributed by atoms with Gasteiger partial charge in [0.15, 0.2) is 0 Å². The van der Waals surface area contributed by atoms with Crippen molar-refractivity contribution in [3.8, 4) is 0 Å². The van der Waals surface area contributed by atoms with Crippen LogP contribution in [0.3, 0.4) is 0 Å². The first kappa shape index (κ1) is 11.5. The van der Waals surface area contributed by atoms with Crippen molar-refractivity contribution in [3.63, 3.8) is 0 Å². The number of hydrogen-bond donors (Lipinski definition) is 2. The molecule has 1 aliphatic carbocycles. The molecular formula is C10H20N2O2. The second-order valence-corrected chi connectivity index (χ2v) is 3.89. The number of rotatable bonds is 5. The summed E-state index contributed by atoms with van der Waals surface area (Å²) < 4.78 is 4.76. The van der Waals surface area contributed by atoms with Crippen LogP contribution in [-0.2, 0) is 9.53 Å². The van der Waals surface area contributed by atoms with Gasteiger partial charge in [-0.1, -0.05) is 12.8 Å². The van der Waals surface area contributed by atoms with Gasteiger partial charge in [-0.25, -0.2) is 0 Å². The summed E-state index contributed by atoms with van der Waals surface area (Å²) in [4.78, 5) is 11.3. The van der Waals surface area contributed by atoms with E-state index in [1.807, 2.05) is 0 Å². The van der Waals surface area contributed by atoms with Crippen LogP contribution < -0.4 is 11.1 Å². The van der Waals surface area contributed by atoms with E-state index in [-0.39, 0.29) is 18.6 Å². The van der Waals surface area contributed by atoms with Crippen molar-refractivity contribution >= 4 is 5.91 Å². The average molecular weight is 200 g/mol. The molecule has 0 aromatic carbocycles. The first-order valence-corrected chi connectivity index (χ1v) is 5.26. The van der Waals surface area contributed by atoms with Gasteiger partial charge in [-0.15, -0.1) is 0 Å². The largest absolute Gasteiger partial charge is 0.375 e. The maximum absolute atomic E-state index is 11.3. The average Bonchev–Trinajstić information content (AvgIpc) is 2.67. The second kappa shape index (κ2) is 5.98. The van der Waals surface area contributed by atoms with Crippen LogP contribution in [0.4, 0.5) is 0 Å². The van der Waals surface area contributed by atoms with Crippen LogP contribution in [0.2, 0.25) is 0 Å². The lowest BCUT2D eigenvalue weighted by molar-refractivity contribution is -0.125. The van der Waals surface area contributed by atoms with E-state index in [4.69, 9.17) is 10.5 Å². The van der Waals surface area contributed by atoms with Crippen molar-refractivity contribution in [2.75, 3.05) is 20.3 Å². The fourth-order valence-corrected chi connectivity index (χ4v) is 2.11. The molecule has 1 unspecified atom stereocenters. The van der Waals surface area contributed by atoms with Gasteiger partial charge in [-0.05, 0) is 18.8 Å². The third kappa shape index (κ3) is 3.27. The summed E-state index contributed by atoms with van der Waals surface area (Å²) in [6.45, 7) is 0.656. The Hall–Kier alpha value is -0.610. The van der Waals surface area contributed by atoms with Crippen molar-refractivity contribution in [1.82, 2.24) is 5.32 Å². The molecule has 1 fully saturated rings. The molecule has 0 aliphatic heterocycles. The van der Waals surface area contributed by atoms with Gasteiger partial charge in [-0.3, -0.25) is 4.79 Å². The molecule has 0 radical (unpaired) electrons. The van der Waals surface area contributed by atoms with E-state index in [2.05, 4.69) is 5.32 Å². The molecule has 0 saturated heterocycles. The first-order valence-electron chi connectivity index (χ1n) is 5.26. The molecule has 3 N–H and O–H groups in total. The van der Waals surface area contributed by atoms with E-state index in [0.717, 1.165) is 0 Å². The summed E-state index contributed by atoms with van der Waals surface area (Å²) in [5.41, 5.74) is 5.64. The number of methoxy groups -OCH3 is 1. The lowest BCUT2D eigenvalue weighted by Crippen LogP contribution is -2.45. The summed E-state index contributed by atoms with van der Waals surface area (Å²) in [5, 5.41) is 2.92. The van der Waals surface area contributed by atoms with E-state index in [0.29, 0.717) is 12.5 Å². The van der Waals surface area contributed by atoms with Crippen molar-refractivity contribution < 1.29 is 9.53 Å². The highest BCUT2D eigenvalue weighted by molar-refractivity contribution is 5.77. The van der Waals surface area contributed by atoms with Gasteiger partial charge in [0.05, 0.1) is 0 Å². The fourth-order valence-electron chi connectivity index (χ4n) is 2.11. The van der Waals surface area contributed by atoms with Crippen LogP contribution in [0.25, 0.3) is 0 Å². The zero-order valence-electron chi connectivity index (χ0n) is 8.79. The molecule has 4 nitrogen and oxygen atoms in total. The third-order valence-electron chi connectivity index (χ3n) is 2.84. The molecular weight excluding hydrogens is 180 g/mol. The van der Waals surface area contributed by atoms with Crippen molar-refractivity contribution in [1.29, 1.82) is 0 Å². The number of carbonyl (C=O) groups is 1. The van der Waals surface area contributed by atoms with Crippen LogP contribution in [0, 0.1) is 5.92 Å². The lowest BCUT2D eigenvalue weighted by atomic mass is 9.98. The molecule has 14 heavy (non-hydrogen) atoms. The first-order chi connectivity index (χ1) is 6.77. The normalized spacial score (nSPS) is 19.6. The molecule has 0 heterocycles. The Kier molecular flexibility index (Phi) is 4.90. The van der Waals surface area contributed by atoms with Crippen LogP contribution in [0.5, 0.6) is 0 Å². The number of amides is 1. The van der Waals surface area contributed by atoms with Crippen molar-refractivity contribution in [2.45, 2.75) is 31.7 Å². The van der Waals surface area contributed by atoms with E-state index in [9.17, 15) is 4.79 Å². The molecule has 4 heteroatoms. The number of nitrogens with one attached hydrogen (secondary N) is 1. The molecule has 0 aromatic rings. The summed E-state index contributed by atoms with van der Waals surface area (Å²) in [6.07, 6.45) is 4.91.